The Morgan fingerprint density at radius 2 is 2.06 bits per heavy atom. The van der Waals surface area contributed by atoms with E-state index in [1.165, 1.54) is 6.92 Å². The summed E-state index contributed by atoms with van der Waals surface area (Å²) in [5.74, 6) is 0.697. The molecule has 0 spiro atoms. The first-order valence-corrected chi connectivity index (χ1v) is 5.80. The zero-order valence-corrected chi connectivity index (χ0v) is 10.7. The lowest BCUT2D eigenvalue weighted by Crippen LogP contribution is -2.23. The van der Waals surface area contributed by atoms with Gasteiger partial charge in [-0.2, -0.15) is 4.98 Å². The highest BCUT2D eigenvalue weighted by Crippen LogP contribution is 2.20. The third kappa shape index (κ3) is 2.87. The number of rotatable bonds is 3. The molecule has 0 saturated heterocycles. The number of carbonyl (C=O) groups excluding carboxylic acids is 1. The number of hydrogen-bond donors (Lipinski definition) is 1. The van der Waals surface area contributed by atoms with Crippen molar-refractivity contribution in [1.82, 2.24) is 15.5 Å². The van der Waals surface area contributed by atoms with E-state index in [0.29, 0.717) is 16.7 Å². The zero-order chi connectivity index (χ0) is 13.1. The summed E-state index contributed by atoms with van der Waals surface area (Å²) in [6, 6.07) is 6.81. The van der Waals surface area contributed by atoms with Gasteiger partial charge in [0.05, 0.1) is 0 Å². The molecule has 1 amide bonds. The van der Waals surface area contributed by atoms with Gasteiger partial charge >= 0.3 is 0 Å². The molecule has 1 N–H and O–H groups in total. The fraction of sp³-hybridized carbons (Fsp3) is 0.250. The van der Waals surface area contributed by atoms with Crippen molar-refractivity contribution in [3.05, 3.63) is 35.2 Å². The number of hydrogen-bond acceptors (Lipinski definition) is 4. The van der Waals surface area contributed by atoms with Gasteiger partial charge in [-0.15, -0.1) is 0 Å². The number of carbonyl (C=O) groups is 1. The molecule has 5 nitrogen and oxygen atoms in total. The van der Waals surface area contributed by atoms with E-state index in [9.17, 15) is 4.79 Å². The van der Waals surface area contributed by atoms with Crippen LogP contribution in [0.3, 0.4) is 0 Å². The highest BCUT2D eigenvalue weighted by molar-refractivity contribution is 6.30. The van der Waals surface area contributed by atoms with Gasteiger partial charge in [0.1, 0.15) is 6.04 Å². The summed E-state index contributed by atoms with van der Waals surface area (Å²) >= 11 is 5.80. The Hall–Kier alpha value is -1.88. The van der Waals surface area contributed by atoms with E-state index in [0.717, 1.165) is 5.56 Å². The normalized spacial score (nSPS) is 12.2. The molecule has 0 aliphatic carbocycles. The summed E-state index contributed by atoms with van der Waals surface area (Å²) in [5, 5.41) is 7.19. The Balaban J connectivity index is 2.19. The van der Waals surface area contributed by atoms with Crippen molar-refractivity contribution in [1.29, 1.82) is 0 Å². The maximum Gasteiger partial charge on any atom is 0.249 e. The van der Waals surface area contributed by atoms with Gasteiger partial charge in [0.25, 0.3) is 0 Å². The van der Waals surface area contributed by atoms with E-state index in [4.69, 9.17) is 16.1 Å². The molecule has 2 rings (SSSR count). The third-order valence-electron chi connectivity index (χ3n) is 2.33. The Morgan fingerprint density at radius 1 is 1.39 bits per heavy atom. The molecule has 1 aromatic carbocycles. The van der Waals surface area contributed by atoms with Crippen LogP contribution in [-0.2, 0) is 4.79 Å². The highest BCUT2D eigenvalue weighted by atomic mass is 35.5. The summed E-state index contributed by atoms with van der Waals surface area (Å²) in [6.45, 7) is 3.22. The second-order valence-electron chi connectivity index (χ2n) is 3.89. The Kier molecular flexibility index (Phi) is 3.62. The van der Waals surface area contributed by atoms with Crippen LogP contribution in [0.1, 0.15) is 25.8 Å². The van der Waals surface area contributed by atoms with Gasteiger partial charge in [-0.05, 0) is 31.2 Å². The van der Waals surface area contributed by atoms with Gasteiger partial charge < -0.3 is 9.84 Å². The number of nitrogens with one attached hydrogen (secondary N) is 1. The average molecular weight is 266 g/mol. The molecule has 18 heavy (non-hydrogen) atoms. The van der Waals surface area contributed by atoms with Crippen LogP contribution in [-0.4, -0.2) is 16.0 Å². The SMILES string of the molecule is CC(=O)N[C@H](C)c1nc(-c2ccc(Cl)cc2)no1. The third-order valence-corrected chi connectivity index (χ3v) is 2.59. The minimum atomic E-state index is -0.309. The Bertz CT molecular complexity index is 551. The molecule has 0 radical (unpaired) electrons. The van der Waals surface area contributed by atoms with Gasteiger partial charge in [-0.3, -0.25) is 4.79 Å². The van der Waals surface area contributed by atoms with Crippen molar-refractivity contribution in [3.8, 4) is 11.4 Å². The first kappa shape index (κ1) is 12.6. The second-order valence-corrected chi connectivity index (χ2v) is 4.32. The molecule has 1 atom stereocenters. The molecule has 1 heterocycles. The van der Waals surface area contributed by atoms with Crippen LogP contribution in [0.25, 0.3) is 11.4 Å². The summed E-state index contributed by atoms with van der Waals surface area (Å²) < 4.78 is 5.10. The van der Waals surface area contributed by atoms with Crippen molar-refractivity contribution < 1.29 is 9.32 Å². The summed E-state index contributed by atoms with van der Waals surface area (Å²) in [4.78, 5) is 15.2. The number of nitrogens with zero attached hydrogens (tertiary/aromatic N) is 2. The van der Waals surface area contributed by atoms with Crippen molar-refractivity contribution in [2.45, 2.75) is 19.9 Å². The fourth-order valence-electron chi connectivity index (χ4n) is 1.49. The van der Waals surface area contributed by atoms with Gasteiger partial charge in [0.2, 0.25) is 17.6 Å². The minimum Gasteiger partial charge on any atom is -0.345 e. The van der Waals surface area contributed by atoms with Crippen LogP contribution in [0.5, 0.6) is 0 Å². The monoisotopic (exact) mass is 265 g/mol. The van der Waals surface area contributed by atoms with Crippen LogP contribution < -0.4 is 5.32 Å². The van der Waals surface area contributed by atoms with Crippen molar-refractivity contribution in [3.63, 3.8) is 0 Å². The van der Waals surface area contributed by atoms with Crippen molar-refractivity contribution >= 4 is 17.5 Å². The largest absolute Gasteiger partial charge is 0.345 e. The number of amides is 1. The first-order valence-electron chi connectivity index (χ1n) is 5.43. The number of halogens is 1. The van der Waals surface area contributed by atoms with Crippen LogP contribution >= 0.6 is 11.6 Å². The van der Waals surface area contributed by atoms with Gasteiger partial charge in [-0.25, -0.2) is 0 Å². The van der Waals surface area contributed by atoms with E-state index in [1.807, 2.05) is 0 Å². The minimum absolute atomic E-state index is 0.145. The molecule has 0 aliphatic heterocycles. The van der Waals surface area contributed by atoms with Crippen LogP contribution in [0, 0.1) is 0 Å². The standard InChI is InChI=1S/C12H12ClN3O2/c1-7(14-8(2)17)12-15-11(16-18-12)9-3-5-10(13)6-4-9/h3-7H,1-2H3,(H,14,17)/t7-/m1/s1. The summed E-state index contributed by atoms with van der Waals surface area (Å²) in [7, 11) is 0. The molecular formula is C12H12ClN3O2. The van der Waals surface area contributed by atoms with Crippen LogP contribution in [0.2, 0.25) is 5.02 Å². The molecule has 0 bridgehead atoms. The van der Waals surface area contributed by atoms with Crippen molar-refractivity contribution in [2.75, 3.05) is 0 Å². The maximum atomic E-state index is 10.9. The number of aromatic nitrogens is 2. The lowest BCUT2D eigenvalue weighted by atomic mass is 10.2. The summed E-state index contributed by atoms with van der Waals surface area (Å²) in [5.41, 5.74) is 0.810. The zero-order valence-electron chi connectivity index (χ0n) is 9.98. The van der Waals surface area contributed by atoms with E-state index in [1.54, 1.807) is 31.2 Å². The van der Waals surface area contributed by atoms with E-state index >= 15 is 0 Å². The average Bonchev–Trinajstić information content (AvgIpc) is 2.78. The second kappa shape index (κ2) is 5.18. The van der Waals surface area contributed by atoms with Gasteiger partial charge in [0.15, 0.2) is 0 Å². The first-order chi connectivity index (χ1) is 8.56. The Labute approximate surface area is 109 Å². The summed E-state index contributed by atoms with van der Waals surface area (Å²) in [6.07, 6.45) is 0. The lowest BCUT2D eigenvalue weighted by Gasteiger charge is -2.05. The van der Waals surface area contributed by atoms with Gasteiger partial charge in [-0.1, -0.05) is 16.8 Å². The van der Waals surface area contributed by atoms with E-state index < -0.39 is 0 Å². The quantitative estimate of drug-likeness (QED) is 0.926. The molecular weight excluding hydrogens is 254 g/mol. The van der Waals surface area contributed by atoms with Crippen LogP contribution in [0.15, 0.2) is 28.8 Å². The van der Waals surface area contributed by atoms with Gasteiger partial charge in [0, 0.05) is 17.5 Å². The molecule has 1 aromatic heterocycles. The van der Waals surface area contributed by atoms with Crippen LogP contribution in [0.4, 0.5) is 0 Å². The lowest BCUT2D eigenvalue weighted by molar-refractivity contribution is -0.119. The Morgan fingerprint density at radius 3 is 2.67 bits per heavy atom. The molecule has 0 saturated carbocycles. The number of benzene rings is 1. The predicted octanol–water partition coefficient (Wildman–Crippen LogP) is 2.59. The highest BCUT2D eigenvalue weighted by Gasteiger charge is 2.15. The van der Waals surface area contributed by atoms with E-state index in [-0.39, 0.29) is 11.9 Å². The van der Waals surface area contributed by atoms with E-state index in [2.05, 4.69) is 15.5 Å². The molecule has 0 fully saturated rings. The molecule has 0 unspecified atom stereocenters. The van der Waals surface area contributed by atoms with Crippen molar-refractivity contribution in [2.24, 2.45) is 0 Å². The molecule has 0 aliphatic rings. The smallest absolute Gasteiger partial charge is 0.249 e. The molecule has 94 valence electrons. The predicted molar refractivity (Wildman–Crippen MR) is 67.0 cm³/mol. The fourth-order valence-corrected chi connectivity index (χ4v) is 1.62. The molecule has 6 heteroatoms. The molecule has 2 aromatic rings. The topological polar surface area (TPSA) is 68.0 Å². The maximum absolute atomic E-state index is 10.9.